The standard InChI is InChI=1S/C30H18N10O12/c41-35(42)23-15-25(37(45)46)29(26(16-23)38(47)48)31-33(19-8-3-1-4-9-19)21-12-7-13-22(14-21)34(20-10-5-2-6-11-20)32-30-27(39(49)50)17-24(36(43)44)18-28(30)40(51)52/h1-18H. The fraction of sp³-hybridized carbons (Fsp3) is 0. The molecule has 0 heterocycles. The molecule has 0 aromatic heterocycles. The van der Waals surface area contributed by atoms with Crippen LogP contribution in [0.25, 0.3) is 0 Å². The zero-order valence-corrected chi connectivity index (χ0v) is 25.8. The van der Waals surface area contributed by atoms with Crippen LogP contribution < -0.4 is 20.9 Å². The minimum atomic E-state index is -1.07. The van der Waals surface area contributed by atoms with Gasteiger partial charge in [-0.2, -0.15) is 10.9 Å². The number of nitro groups is 6. The van der Waals surface area contributed by atoms with Crippen molar-refractivity contribution < 1.29 is 29.5 Å². The molecule has 0 atom stereocenters. The maximum atomic E-state index is 12.0. The molecule has 0 spiro atoms. The third-order valence-electron chi connectivity index (χ3n) is 7.04. The fourth-order valence-corrected chi connectivity index (χ4v) is 4.78. The first-order valence-electron chi connectivity index (χ1n) is 14.2. The SMILES string of the molecule is O=[N+]([O-])c1cc([N+](=O)[O-])c([N]N(c2ccccc2)c2cccc(N([N]c3c([N+](=O)[O-])cc([N+](=O)[O-])cc3[N+](=O)[O-])c3ccccc3)c2)c([N+](=O)[O-])c1. The highest BCUT2D eigenvalue weighted by atomic mass is 16.6. The smallest absolute Gasteiger partial charge is 0.258 e. The topological polar surface area (TPSA) is 294 Å². The predicted molar refractivity (Wildman–Crippen MR) is 180 cm³/mol. The Balaban J connectivity index is 1.71. The average Bonchev–Trinajstić information content (AvgIpc) is 3.12. The lowest BCUT2D eigenvalue weighted by molar-refractivity contribution is -0.402. The summed E-state index contributed by atoms with van der Waals surface area (Å²) in [6, 6.07) is 23.1. The summed E-state index contributed by atoms with van der Waals surface area (Å²) in [6.45, 7) is 0. The van der Waals surface area contributed by atoms with E-state index in [0.717, 1.165) is 10.0 Å². The first-order chi connectivity index (χ1) is 24.8. The number of anilines is 4. The van der Waals surface area contributed by atoms with Crippen LogP contribution in [-0.4, -0.2) is 29.5 Å². The number of hydrogen-bond acceptors (Lipinski definition) is 14. The van der Waals surface area contributed by atoms with E-state index in [9.17, 15) is 60.7 Å². The van der Waals surface area contributed by atoms with Gasteiger partial charge in [0, 0.05) is 0 Å². The highest BCUT2D eigenvalue weighted by Crippen LogP contribution is 2.43. The van der Waals surface area contributed by atoms with E-state index in [-0.39, 0.29) is 22.7 Å². The molecule has 5 rings (SSSR count). The first-order valence-corrected chi connectivity index (χ1v) is 14.2. The molecular formula is C30H18N10O12. The summed E-state index contributed by atoms with van der Waals surface area (Å²) in [7, 11) is 0. The lowest BCUT2D eigenvalue weighted by Gasteiger charge is -2.27. The van der Waals surface area contributed by atoms with Gasteiger partial charge in [0.05, 0.1) is 76.6 Å². The summed E-state index contributed by atoms with van der Waals surface area (Å²) in [6.07, 6.45) is 0. The molecule has 0 saturated heterocycles. The van der Waals surface area contributed by atoms with Crippen LogP contribution in [0.15, 0.2) is 109 Å². The van der Waals surface area contributed by atoms with Crippen LogP contribution in [0, 0.1) is 60.7 Å². The summed E-state index contributed by atoms with van der Waals surface area (Å²) in [5, 5.41) is 73.1. The van der Waals surface area contributed by atoms with Gasteiger partial charge in [0.2, 0.25) is 11.4 Å². The zero-order valence-electron chi connectivity index (χ0n) is 25.8. The molecule has 0 amide bonds. The molecule has 22 heteroatoms. The van der Waals surface area contributed by atoms with Crippen molar-refractivity contribution in [2.24, 2.45) is 0 Å². The Hall–Kier alpha value is -8.30. The summed E-state index contributed by atoms with van der Waals surface area (Å²) in [4.78, 5) is 64.7. The Morgan fingerprint density at radius 1 is 0.365 bits per heavy atom. The number of nitrogens with zero attached hydrogens (tertiary/aromatic N) is 10. The fourth-order valence-electron chi connectivity index (χ4n) is 4.78. The Labute approximate surface area is 288 Å². The van der Waals surface area contributed by atoms with Gasteiger partial charge >= 0.3 is 22.7 Å². The number of rotatable bonds is 14. The van der Waals surface area contributed by atoms with Gasteiger partial charge in [0.25, 0.3) is 11.4 Å². The van der Waals surface area contributed by atoms with E-state index in [0.29, 0.717) is 24.3 Å². The molecule has 0 bridgehead atoms. The van der Waals surface area contributed by atoms with Gasteiger partial charge in [0.1, 0.15) is 0 Å². The first kappa shape index (κ1) is 35.0. The van der Waals surface area contributed by atoms with Crippen molar-refractivity contribution in [2.75, 3.05) is 10.0 Å². The van der Waals surface area contributed by atoms with Crippen LogP contribution in [0.2, 0.25) is 0 Å². The maximum Gasteiger partial charge on any atom is 0.310 e. The van der Waals surface area contributed by atoms with E-state index < -0.39 is 75.0 Å². The number of nitro benzene ring substituents is 6. The summed E-state index contributed by atoms with van der Waals surface area (Å²) < 4.78 is 0. The molecule has 5 aromatic rings. The van der Waals surface area contributed by atoms with Crippen molar-refractivity contribution in [3.05, 3.63) is 170 Å². The molecular weight excluding hydrogens is 692 g/mol. The van der Waals surface area contributed by atoms with Crippen LogP contribution in [0.4, 0.5) is 68.2 Å². The van der Waals surface area contributed by atoms with E-state index >= 15 is 0 Å². The van der Waals surface area contributed by atoms with Gasteiger partial charge in [-0.05, 0) is 42.5 Å². The van der Waals surface area contributed by atoms with E-state index in [2.05, 4.69) is 10.9 Å². The van der Waals surface area contributed by atoms with Crippen LogP contribution in [0.5, 0.6) is 0 Å². The highest BCUT2D eigenvalue weighted by molar-refractivity contribution is 5.79. The van der Waals surface area contributed by atoms with E-state index in [1.807, 2.05) is 0 Å². The quantitative estimate of drug-likeness (QED) is 0.0819. The second-order valence-corrected chi connectivity index (χ2v) is 10.2. The molecule has 0 aliphatic heterocycles. The number of hydrogen-bond donors (Lipinski definition) is 0. The van der Waals surface area contributed by atoms with Gasteiger partial charge < -0.3 is 0 Å². The van der Waals surface area contributed by atoms with Crippen LogP contribution in [0.1, 0.15) is 0 Å². The highest BCUT2D eigenvalue weighted by Gasteiger charge is 2.36. The molecule has 5 aromatic carbocycles. The van der Waals surface area contributed by atoms with Crippen molar-refractivity contribution in [3.63, 3.8) is 0 Å². The van der Waals surface area contributed by atoms with Gasteiger partial charge in [-0.3, -0.25) is 60.7 Å². The maximum absolute atomic E-state index is 12.0. The van der Waals surface area contributed by atoms with Crippen molar-refractivity contribution in [3.8, 4) is 0 Å². The Kier molecular flexibility index (Phi) is 9.73. The normalized spacial score (nSPS) is 10.5. The molecule has 52 heavy (non-hydrogen) atoms. The average molecular weight is 711 g/mol. The summed E-state index contributed by atoms with van der Waals surface area (Å²) in [5.41, 5.74) is 1.12. The Morgan fingerprint density at radius 3 is 0.923 bits per heavy atom. The predicted octanol–water partition coefficient (Wildman–Crippen LogP) is 7.11. The molecule has 0 aliphatic carbocycles. The Bertz CT molecular complexity index is 2030. The third kappa shape index (κ3) is 7.24. The van der Waals surface area contributed by atoms with E-state index in [1.54, 1.807) is 36.4 Å². The third-order valence-corrected chi connectivity index (χ3v) is 7.04. The molecule has 0 N–H and O–H groups in total. The van der Waals surface area contributed by atoms with Crippen LogP contribution in [-0.2, 0) is 0 Å². The molecule has 2 radical (unpaired) electrons. The van der Waals surface area contributed by atoms with Crippen molar-refractivity contribution in [1.82, 2.24) is 10.9 Å². The van der Waals surface area contributed by atoms with Gasteiger partial charge in [0.15, 0.2) is 0 Å². The van der Waals surface area contributed by atoms with Gasteiger partial charge in [-0.1, -0.05) is 42.5 Å². The molecule has 0 aliphatic rings. The minimum Gasteiger partial charge on any atom is -0.258 e. The second-order valence-electron chi connectivity index (χ2n) is 10.2. The monoisotopic (exact) mass is 710 g/mol. The lowest BCUT2D eigenvalue weighted by atomic mass is 10.2. The number of non-ortho nitro benzene ring substituents is 2. The van der Waals surface area contributed by atoms with Crippen LogP contribution >= 0.6 is 0 Å². The van der Waals surface area contributed by atoms with Crippen LogP contribution in [0.3, 0.4) is 0 Å². The molecule has 260 valence electrons. The second kappa shape index (κ2) is 14.4. The number of benzene rings is 5. The Morgan fingerprint density at radius 2 is 0.654 bits per heavy atom. The molecule has 0 saturated carbocycles. The molecule has 0 unspecified atom stereocenters. The van der Waals surface area contributed by atoms with Crippen molar-refractivity contribution >= 4 is 68.2 Å². The number of para-hydroxylation sites is 2. The van der Waals surface area contributed by atoms with Gasteiger partial charge in [-0.25, -0.2) is 10.0 Å². The minimum absolute atomic E-state index is 0.0366. The van der Waals surface area contributed by atoms with Gasteiger partial charge in [-0.15, -0.1) is 0 Å². The lowest BCUT2D eigenvalue weighted by Crippen LogP contribution is -2.27. The summed E-state index contributed by atoms with van der Waals surface area (Å²) >= 11 is 0. The zero-order chi connectivity index (χ0) is 37.7. The molecule has 22 nitrogen and oxygen atoms in total. The van der Waals surface area contributed by atoms with E-state index in [4.69, 9.17) is 0 Å². The molecule has 0 fully saturated rings. The largest absolute Gasteiger partial charge is 0.310 e. The summed E-state index contributed by atoms with van der Waals surface area (Å²) in [5.74, 6) is 0. The van der Waals surface area contributed by atoms with Crippen molar-refractivity contribution in [1.29, 1.82) is 0 Å². The van der Waals surface area contributed by atoms with Crippen molar-refractivity contribution in [2.45, 2.75) is 0 Å². The van der Waals surface area contributed by atoms with E-state index in [1.165, 1.54) is 48.5 Å².